The molecule has 1 saturated heterocycles. The lowest BCUT2D eigenvalue weighted by Gasteiger charge is -2.27. The summed E-state index contributed by atoms with van der Waals surface area (Å²) in [5.41, 5.74) is -0.566. The molecule has 1 rings (SSSR count). The normalized spacial score (nSPS) is 23.9. The molecule has 18 heavy (non-hydrogen) atoms. The summed E-state index contributed by atoms with van der Waals surface area (Å²) in [6.07, 6.45) is 0.101. The second-order valence-corrected chi connectivity index (χ2v) is 5.60. The van der Waals surface area contributed by atoms with Crippen molar-refractivity contribution >= 4 is 12.0 Å². The predicted octanol–water partition coefficient (Wildman–Crippen LogP) is 0.493. The maximum atomic E-state index is 11.9. The number of hydrogen-bond acceptors (Lipinski definition) is 4. The summed E-state index contributed by atoms with van der Waals surface area (Å²) >= 11 is 0. The van der Waals surface area contributed by atoms with Crippen LogP contribution in [-0.4, -0.2) is 52.8 Å². The van der Waals surface area contributed by atoms with E-state index in [1.807, 2.05) is 0 Å². The molecule has 1 aliphatic heterocycles. The zero-order valence-electron chi connectivity index (χ0n) is 11.4. The average molecular weight is 258 g/mol. The predicted molar refractivity (Wildman–Crippen MR) is 66.0 cm³/mol. The van der Waals surface area contributed by atoms with Gasteiger partial charge in [0.15, 0.2) is 0 Å². The minimum absolute atomic E-state index is 0.118. The van der Waals surface area contributed by atoms with Crippen LogP contribution in [0.5, 0.6) is 0 Å². The van der Waals surface area contributed by atoms with Crippen LogP contribution < -0.4 is 5.32 Å². The molecule has 1 heterocycles. The fourth-order valence-electron chi connectivity index (χ4n) is 2.03. The van der Waals surface area contributed by atoms with Gasteiger partial charge in [-0.15, -0.1) is 0 Å². The van der Waals surface area contributed by atoms with Crippen molar-refractivity contribution in [2.75, 3.05) is 13.2 Å². The smallest absolute Gasteiger partial charge is 0.410 e. The highest BCUT2D eigenvalue weighted by atomic mass is 16.6. The number of hydrogen-bond donors (Lipinski definition) is 2. The zero-order valence-corrected chi connectivity index (χ0v) is 11.4. The highest BCUT2D eigenvalue weighted by Gasteiger charge is 2.37. The molecule has 0 unspecified atom stereocenters. The van der Waals surface area contributed by atoms with Gasteiger partial charge in [0.05, 0.1) is 12.6 Å². The van der Waals surface area contributed by atoms with Crippen LogP contribution in [0.3, 0.4) is 0 Å². The summed E-state index contributed by atoms with van der Waals surface area (Å²) in [7, 11) is 0. The van der Waals surface area contributed by atoms with Gasteiger partial charge in [0, 0.05) is 19.5 Å². The highest BCUT2D eigenvalue weighted by molar-refractivity contribution is 5.74. The van der Waals surface area contributed by atoms with Gasteiger partial charge in [0.2, 0.25) is 5.91 Å². The Morgan fingerprint density at radius 1 is 1.44 bits per heavy atom. The molecule has 0 spiro atoms. The Balaban J connectivity index is 2.64. The Kier molecular flexibility index (Phi) is 4.56. The van der Waals surface area contributed by atoms with Crippen molar-refractivity contribution in [1.29, 1.82) is 0 Å². The maximum absolute atomic E-state index is 11.9. The van der Waals surface area contributed by atoms with Gasteiger partial charge in [0.25, 0.3) is 0 Å². The average Bonchev–Trinajstić information content (AvgIpc) is 2.57. The minimum Gasteiger partial charge on any atom is -0.444 e. The first-order valence-corrected chi connectivity index (χ1v) is 6.10. The van der Waals surface area contributed by atoms with Crippen molar-refractivity contribution in [1.82, 2.24) is 10.2 Å². The van der Waals surface area contributed by atoms with Crippen LogP contribution in [-0.2, 0) is 9.53 Å². The summed E-state index contributed by atoms with van der Waals surface area (Å²) in [6.45, 7) is 7.06. The Morgan fingerprint density at radius 2 is 2.06 bits per heavy atom. The van der Waals surface area contributed by atoms with E-state index in [0.717, 1.165) is 0 Å². The lowest BCUT2D eigenvalue weighted by Crippen LogP contribution is -2.42. The largest absolute Gasteiger partial charge is 0.444 e. The van der Waals surface area contributed by atoms with Gasteiger partial charge in [-0.05, 0) is 27.2 Å². The van der Waals surface area contributed by atoms with Crippen molar-refractivity contribution in [3.05, 3.63) is 0 Å². The quantitative estimate of drug-likeness (QED) is 0.755. The molecule has 6 heteroatoms. The van der Waals surface area contributed by atoms with Crippen molar-refractivity contribution in [2.45, 2.75) is 51.8 Å². The summed E-state index contributed by atoms with van der Waals surface area (Å²) in [4.78, 5) is 24.4. The van der Waals surface area contributed by atoms with Gasteiger partial charge in [0.1, 0.15) is 5.60 Å². The topological polar surface area (TPSA) is 78.9 Å². The first-order valence-electron chi connectivity index (χ1n) is 6.10. The van der Waals surface area contributed by atoms with Gasteiger partial charge in [-0.1, -0.05) is 0 Å². The number of ether oxygens (including phenoxy) is 1. The molecule has 6 nitrogen and oxygen atoms in total. The monoisotopic (exact) mass is 258 g/mol. The molecule has 104 valence electrons. The molecule has 0 aromatic carbocycles. The van der Waals surface area contributed by atoms with E-state index in [4.69, 9.17) is 4.74 Å². The van der Waals surface area contributed by atoms with Crippen molar-refractivity contribution in [2.24, 2.45) is 0 Å². The van der Waals surface area contributed by atoms with Crippen LogP contribution in [0.4, 0.5) is 4.79 Å². The third-order valence-electron chi connectivity index (χ3n) is 2.66. The van der Waals surface area contributed by atoms with E-state index < -0.39 is 11.7 Å². The Bertz CT molecular complexity index is 325. The summed E-state index contributed by atoms with van der Waals surface area (Å²) in [5.74, 6) is -0.136. The van der Waals surface area contributed by atoms with E-state index in [0.29, 0.717) is 13.0 Å². The molecule has 0 bridgehead atoms. The molecule has 0 saturated carbocycles. The molecular weight excluding hydrogens is 236 g/mol. The van der Waals surface area contributed by atoms with Crippen molar-refractivity contribution < 1.29 is 19.4 Å². The molecule has 2 atom stereocenters. The van der Waals surface area contributed by atoms with E-state index in [1.165, 1.54) is 11.8 Å². The van der Waals surface area contributed by atoms with Crippen LogP contribution in [0, 0.1) is 0 Å². The van der Waals surface area contributed by atoms with Gasteiger partial charge in [-0.3, -0.25) is 4.79 Å². The summed E-state index contributed by atoms with van der Waals surface area (Å²) in [6, 6.07) is -0.413. The first kappa shape index (κ1) is 14.8. The van der Waals surface area contributed by atoms with Crippen molar-refractivity contribution in [3.63, 3.8) is 0 Å². The first-order chi connectivity index (χ1) is 8.23. The molecule has 2 amide bonds. The van der Waals surface area contributed by atoms with E-state index in [-0.39, 0.29) is 24.6 Å². The molecule has 2 N–H and O–H groups in total. The van der Waals surface area contributed by atoms with E-state index in [1.54, 1.807) is 20.8 Å². The number of aliphatic hydroxyl groups is 1. The van der Waals surface area contributed by atoms with Crippen LogP contribution >= 0.6 is 0 Å². The Labute approximate surface area is 107 Å². The molecule has 0 aromatic rings. The number of aliphatic hydroxyl groups excluding tert-OH is 1. The number of carbonyl (C=O) groups is 2. The van der Waals surface area contributed by atoms with E-state index in [2.05, 4.69) is 5.32 Å². The molecule has 0 aliphatic carbocycles. The SMILES string of the molecule is CC(=O)N[C@@H]1C[C@@H](CO)N(C(=O)OC(C)(C)C)C1. The van der Waals surface area contributed by atoms with E-state index in [9.17, 15) is 14.7 Å². The van der Waals surface area contributed by atoms with Gasteiger partial charge in [-0.2, -0.15) is 0 Å². The van der Waals surface area contributed by atoms with Gasteiger partial charge < -0.3 is 20.1 Å². The van der Waals surface area contributed by atoms with Crippen molar-refractivity contribution in [3.8, 4) is 0 Å². The third kappa shape index (κ3) is 4.18. The standard InChI is InChI=1S/C12H22N2O4/c1-8(16)13-9-5-10(7-15)14(6-9)11(17)18-12(2,3)4/h9-10,15H,5-7H2,1-4H3,(H,13,16)/t9-,10+/m1/s1. The Morgan fingerprint density at radius 3 is 2.50 bits per heavy atom. The summed E-state index contributed by atoms with van der Waals surface area (Å²) < 4.78 is 5.27. The van der Waals surface area contributed by atoms with Crippen LogP contribution in [0.15, 0.2) is 0 Å². The van der Waals surface area contributed by atoms with Gasteiger partial charge in [-0.25, -0.2) is 4.79 Å². The molecule has 0 aromatic heterocycles. The number of rotatable bonds is 2. The number of likely N-dealkylation sites (tertiary alicyclic amines) is 1. The fraction of sp³-hybridized carbons (Fsp3) is 0.833. The fourth-order valence-corrected chi connectivity index (χ4v) is 2.03. The number of nitrogens with zero attached hydrogens (tertiary/aromatic N) is 1. The molecule has 0 radical (unpaired) electrons. The summed E-state index contributed by atoms with van der Waals surface area (Å²) in [5, 5.41) is 12.0. The second-order valence-electron chi connectivity index (χ2n) is 5.60. The second kappa shape index (κ2) is 5.56. The number of carbonyl (C=O) groups excluding carboxylic acids is 2. The molecular formula is C12H22N2O4. The zero-order chi connectivity index (χ0) is 13.9. The highest BCUT2D eigenvalue weighted by Crippen LogP contribution is 2.21. The lowest BCUT2D eigenvalue weighted by atomic mass is 10.2. The van der Waals surface area contributed by atoms with Gasteiger partial charge >= 0.3 is 6.09 Å². The maximum Gasteiger partial charge on any atom is 0.410 e. The lowest BCUT2D eigenvalue weighted by molar-refractivity contribution is -0.119. The minimum atomic E-state index is -0.566. The molecule has 1 fully saturated rings. The van der Waals surface area contributed by atoms with Crippen LogP contribution in [0.2, 0.25) is 0 Å². The van der Waals surface area contributed by atoms with Crippen LogP contribution in [0.25, 0.3) is 0 Å². The Hall–Kier alpha value is -1.30. The number of nitrogens with one attached hydrogen (secondary N) is 1. The van der Waals surface area contributed by atoms with Crippen LogP contribution in [0.1, 0.15) is 34.1 Å². The number of amides is 2. The molecule has 1 aliphatic rings. The third-order valence-corrected chi connectivity index (χ3v) is 2.66. The van der Waals surface area contributed by atoms with E-state index >= 15 is 0 Å².